The van der Waals surface area contributed by atoms with Crippen LogP contribution in [0.3, 0.4) is 0 Å². The van der Waals surface area contributed by atoms with Gasteiger partial charge in [-0.15, -0.1) is 11.8 Å². The highest BCUT2D eigenvalue weighted by Gasteiger charge is 2.32. The number of hydrogen-bond donors (Lipinski definition) is 1. The monoisotopic (exact) mass is 300 g/mol. The van der Waals surface area contributed by atoms with E-state index in [1.807, 2.05) is 42.7 Å². The predicted octanol–water partition coefficient (Wildman–Crippen LogP) is 4.16. The van der Waals surface area contributed by atoms with Crippen molar-refractivity contribution < 1.29 is 9.84 Å². The molecule has 1 heterocycles. The van der Waals surface area contributed by atoms with Crippen LogP contribution in [0.2, 0.25) is 0 Å². The molecule has 0 amide bonds. The van der Waals surface area contributed by atoms with Crippen molar-refractivity contribution in [3.8, 4) is 5.75 Å². The fraction of sp³-hybridized carbons (Fsp3) is 0.333. The molecule has 0 saturated heterocycles. The van der Waals surface area contributed by atoms with Gasteiger partial charge in [-0.05, 0) is 41.6 Å². The molecule has 21 heavy (non-hydrogen) atoms. The van der Waals surface area contributed by atoms with Crippen LogP contribution in [0.15, 0.2) is 47.4 Å². The first kappa shape index (κ1) is 14.5. The number of aliphatic hydroxyl groups excluding tert-OH is 1. The minimum atomic E-state index is -0.595. The quantitative estimate of drug-likeness (QED) is 0.863. The van der Waals surface area contributed by atoms with Gasteiger partial charge in [-0.3, -0.25) is 0 Å². The molecule has 0 spiro atoms. The zero-order chi connectivity index (χ0) is 15.0. The number of ether oxygens (including phenoxy) is 1. The van der Waals surface area contributed by atoms with Crippen LogP contribution in [-0.2, 0) is 5.41 Å². The highest BCUT2D eigenvalue weighted by Crippen LogP contribution is 2.40. The SMILES string of the molecule is CSc1ccc(C(O)c2ccc3c(c2)C(C)(C)CO3)cc1. The van der Waals surface area contributed by atoms with E-state index in [1.54, 1.807) is 11.8 Å². The maximum Gasteiger partial charge on any atom is 0.123 e. The van der Waals surface area contributed by atoms with Crippen molar-refractivity contribution in [2.24, 2.45) is 0 Å². The van der Waals surface area contributed by atoms with Crippen molar-refractivity contribution >= 4 is 11.8 Å². The Morgan fingerprint density at radius 3 is 2.43 bits per heavy atom. The van der Waals surface area contributed by atoms with E-state index >= 15 is 0 Å². The van der Waals surface area contributed by atoms with Crippen molar-refractivity contribution in [2.75, 3.05) is 12.9 Å². The van der Waals surface area contributed by atoms with E-state index < -0.39 is 6.10 Å². The smallest absolute Gasteiger partial charge is 0.123 e. The van der Waals surface area contributed by atoms with E-state index in [1.165, 1.54) is 10.5 Å². The van der Waals surface area contributed by atoms with Crippen LogP contribution in [0.5, 0.6) is 5.75 Å². The van der Waals surface area contributed by atoms with Gasteiger partial charge < -0.3 is 9.84 Å². The molecule has 2 nitrogen and oxygen atoms in total. The Morgan fingerprint density at radius 2 is 1.76 bits per heavy atom. The highest BCUT2D eigenvalue weighted by atomic mass is 32.2. The third-order valence-corrected chi connectivity index (χ3v) is 4.81. The summed E-state index contributed by atoms with van der Waals surface area (Å²) in [4.78, 5) is 1.20. The first-order valence-electron chi connectivity index (χ1n) is 7.10. The summed E-state index contributed by atoms with van der Waals surface area (Å²) < 4.78 is 5.70. The fourth-order valence-electron chi connectivity index (χ4n) is 2.69. The van der Waals surface area contributed by atoms with Gasteiger partial charge in [0.15, 0.2) is 0 Å². The third-order valence-electron chi connectivity index (χ3n) is 4.07. The Bertz CT molecular complexity index is 647. The summed E-state index contributed by atoms with van der Waals surface area (Å²) in [7, 11) is 0. The minimum Gasteiger partial charge on any atom is -0.492 e. The number of hydrogen-bond acceptors (Lipinski definition) is 3. The number of benzene rings is 2. The van der Waals surface area contributed by atoms with E-state index in [9.17, 15) is 5.11 Å². The third kappa shape index (κ3) is 2.68. The lowest BCUT2D eigenvalue weighted by atomic mass is 9.85. The molecule has 0 aromatic heterocycles. The fourth-order valence-corrected chi connectivity index (χ4v) is 3.10. The zero-order valence-corrected chi connectivity index (χ0v) is 13.4. The predicted molar refractivity (Wildman–Crippen MR) is 87.2 cm³/mol. The summed E-state index contributed by atoms with van der Waals surface area (Å²) in [6, 6.07) is 14.1. The maximum atomic E-state index is 10.6. The Morgan fingerprint density at radius 1 is 1.10 bits per heavy atom. The van der Waals surface area contributed by atoms with Gasteiger partial charge >= 0.3 is 0 Å². The Kier molecular flexibility index (Phi) is 3.72. The van der Waals surface area contributed by atoms with Gasteiger partial charge in [0.1, 0.15) is 11.9 Å². The topological polar surface area (TPSA) is 29.5 Å². The molecule has 0 saturated carbocycles. The normalized spacial score (nSPS) is 17.1. The van der Waals surface area contributed by atoms with Crippen LogP contribution in [0.1, 0.15) is 36.6 Å². The van der Waals surface area contributed by atoms with E-state index in [0.29, 0.717) is 6.61 Å². The summed E-state index contributed by atoms with van der Waals surface area (Å²) in [6.45, 7) is 5.04. The minimum absolute atomic E-state index is 0.00771. The summed E-state index contributed by atoms with van der Waals surface area (Å²) >= 11 is 1.70. The second-order valence-electron chi connectivity index (χ2n) is 6.10. The van der Waals surface area contributed by atoms with E-state index in [4.69, 9.17) is 4.74 Å². The number of rotatable bonds is 3. The molecule has 1 unspecified atom stereocenters. The largest absolute Gasteiger partial charge is 0.492 e. The molecule has 3 rings (SSSR count). The van der Waals surface area contributed by atoms with E-state index in [0.717, 1.165) is 16.9 Å². The standard InChI is InChI=1S/C18H20O2S/c1-18(2)11-20-16-9-6-13(10-15(16)18)17(19)12-4-7-14(21-3)8-5-12/h4-10,17,19H,11H2,1-3H3. The lowest BCUT2D eigenvalue weighted by Gasteiger charge is -2.18. The lowest BCUT2D eigenvalue weighted by Crippen LogP contribution is -2.18. The molecule has 2 aromatic carbocycles. The lowest BCUT2D eigenvalue weighted by molar-refractivity contribution is 0.220. The second-order valence-corrected chi connectivity index (χ2v) is 6.98. The molecule has 1 aliphatic rings. The summed E-state index contributed by atoms with van der Waals surface area (Å²) in [5, 5.41) is 10.6. The molecule has 1 aliphatic heterocycles. The Hall–Kier alpha value is -1.45. The van der Waals surface area contributed by atoms with Crippen LogP contribution >= 0.6 is 11.8 Å². The van der Waals surface area contributed by atoms with E-state index in [2.05, 4.69) is 19.9 Å². The Balaban J connectivity index is 1.93. The molecule has 0 radical (unpaired) electrons. The molecular weight excluding hydrogens is 280 g/mol. The van der Waals surface area contributed by atoms with Gasteiger partial charge in [0, 0.05) is 15.9 Å². The summed E-state index contributed by atoms with van der Waals surface area (Å²) in [5.41, 5.74) is 3.03. The highest BCUT2D eigenvalue weighted by molar-refractivity contribution is 7.98. The average Bonchev–Trinajstić information content (AvgIpc) is 2.82. The van der Waals surface area contributed by atoms with Crippen LogP contribution in [0.25, 0.3) is 0 Å². The van der Waals surface area contributed by atoms with Gasteiger partial charge in [-0.25, -0.2) is 0 Å². The van der Waals surface area contributed by atoms with Crippen LogP contribution in [-0.4, -0.2) is 18.0 Å². The maximum absolute atomic E-state index is 10.6. The first-order chi connectivity index (χ1) is 10.0. The molecule has 0 fully saturated rings. The molecule has 3 heteroatoms. The van der Waals surface area contributed by atoms with Crippen molar-refractivity contribution in [3.05, 3.63) is 59.2 Å². The summed E-state index contributed by atoms with van der Waals surface area (Å²) in [6.07, 6.45) is 1.45. The van der Waals surface area contributed by atoms with Gasteiger partial charge in [0.05, 0.1) is 6.61 Å². The molecule has 0 aliphatic carbocycles. The molecule has 1 N–H and O–H groups in total. The number of fused-ring (bicyclic) bond motifs is 1. The molecule has 110 valence electrons. The van der Waals surface area contributed by atoms with Crippen LogP contribution < -0.4 is 4.74 Å². The van der Waals surface area contributed by atoms with Crippen molar-refractivity contribution in [1.29, 1.82) is 0 Å². The molecular formula is C18H20O2S. The molecule has 0 bridgehead atoms. The van der Waals surface area contributed by atoms with Crippen molar-refractivity contribution in [3.63, 3.8) is 0 Å². The van der Waals surface area contributed by atoms with Crippen molar-refractivity contribution in [2.45, 2.75) is 30.3 Å². The van der Waals surface area contributed by atoms with Gasteiger partial charge in [0.25, 0.3) is 0 Å². The molecule has 2 aromatic rings. The first-order valence-corrected chi connectivity index (χ1v) is 8.33. The molecule has 1 atom stereocenters. The van der Waals surface area contributed by atoms with Crippen LogP contribution in [0, 0.1) is 0 Å². The number of aliphatic hydroxyl groups is 1. The van der Waals surface area contributed by atoms with Crippen molar-refractivity contribution in [1.82, 2.24) is 0 Å². The Labute approximate surface area is 130 Å². The second kappa shape index (κ2) is 5.39. The van der Waals surface area contributed by atoms with Gasteiger partial charge in [-0.1, -0.05) is 32.0 Å². The van der Waals surface area contributed by atoms with Crippen LogP contribution in [0.4, 0.5) is 0 Å². The summed E-state index contributed by atoms with van der Waals surface area (Å²) in [5.74, 6) is 0.939. The van der Waals surface area contributed by atoms with Gasteiger partial charge in [-0.2, -0.15) is 0 Å². The van der Waals surface area contributed by atoms with E-state index in [-0.39, 0.29) is 5.41 Å². The average molecular weight is 300 g/mol. The van der Waals surface area contributed by atoms with Gasteiger partial charge in [0.2, 0.25) is 0 Å². The number of thioether (sulfide) groups is 1. The zero-order valence-electron chi connectivity index (χ0n) is 12.6.